The first-order valence-electron chi connectivity index (χ1n) is 5.93. The molecule has 1 saturated carbocycles. The van der Waals surface area contributed by atoms with Crippen molar-refractivity contribution in [1.82, 2.24) is 5.32 Å². The third kappa shape index (κ3) is 1.55. The monoisotopic (exact) mass is 195 g/mol. The van der Waals surface area contributed by atoms with Crippen LogP contribution in [0.1, 0.15) is 52.4 Å². The van der Waals surface area contributed by atoms with Gasteiger partial charge in [-0.1, -0.05) is 25.7 Å². The van der Waals surface area contributed by atoms with Gasteiger partial charge in [0.25, 0.3) is 0 Å². The Balaban J connectivity index is 1.98. The topological polar surface area (TPSA) is 29.1 Å². The van der Waals surface area contributed by atoms with E-state index in [0.717, 1.165) is 5.92 Å². The molecule has 2 aliphatic rings. The quantitative estimate of drug-likeness (QED) is 0.505. The molecule has 1 amide bonds. The molecule has 1 heterocycles. The van der Waals surface area contributed by atoms with Crippen LogP contribution in [0.5, 0.6) is 0 Å². The maximum Gasteiger partial charge on any atom is 0.228 e. The number of rotatable bonds is 1. The summed E-state index contributed by atoms with van der Waals surface area (Å²) in [4.78, 5) is 11.4. The van der Waals surface area contributed by atoms with Gasteiger partial charge < -0.3 is 5.32 Å². The van der Waals surface area contributed by atoms with E-state index in [4.69, 9.17) is 0 Å². The summed E-state index contributed by atoms with van der Waals surface area (Å²) in [5.41, 5.74) is -0.102. The number of hydrogen-bond acceptors (Lipinski definition) is 1. The summed E-state index contributed by atoms with van der Waals surface area (Å²) in [5, 5.41) is 3.09. The second kappa shape index (κ2) is 3.56. The standard InChI is InChI=1S/C12H21NO/c1-12(2)10(13-11(12)14)9-7-5-3-4-6-8-9/h9-10H,3-8H2,1-2H3,(H,13,14). The lowest BCUT2D eigenvalue weighted by Gasteiger charge is -2.48. The molecule has 80 valence electrons. The van der Waals surface area contributed by atoms with Crippen molar-refractivity contribution in [3.63, 3.8) is 0 Å². The first-order valence-corrected chi connectivity index (χ1v) is 5.93. The Morgan fingerprint density at radius 3 is 2.14 bits per heavy atom. The average molecular weight is 195 g/mol. The van der Waals surface area contributed by atoms with Gasteiger partial charge in [0, 0.05) is 6.04 Å². The van der Waals surface area contributed by atoms with Crippen LogP contribution in [0.4, 0.5) is 0 Å². The highest BCUT2D eigenvalue weighted by Crippen LogP contribution is 2.39. The molecule has 2 rings (SSSR count). The van der Waals surface area contributed by atoms with E-state index in [9.17, 15) is 4.79 Å². The highest BCUT2D eigenvalue weighted by atomic mass is 16.2. The maximum atomic E-state index is 11.4. The molecule has 0 aromatic heterocycles. The van der Waals surface area contributed by atoms with E-state index in [0.29, 0.717) is 6.04 Å². The molecule has 1 atom stereocenters. The van der Waals surface area contributed by atoms with Crippen molar-refractivity contribution in [2.24, 2.45) is 11.3 Å². The zero-order valence-electron chi connectivity index (χ0n) is 9.31. The minimum absolute atomic E-state index is 0.102. The molecule has 0 radical (unpaired) electrons. The third-order valence-electron chi connectivity index (χ3n) is 4.02. The predicted molar refractivity (Wildman–Crippen MR) is 56.9 cm³/mol. The fourth-order valence-corrected chi connectivity index (χ4v) is 2.92. The summed E-state index contributed by atoms with van der Waals surface area (Å²) in [5.74, 6) is 0.983. The molecule has 0 aromatic carbocycles. The van der Waals surface area contributed by atoms with Crippen LogP contribution in [0.15, 0.2) is 0 Å². The van der Waals surface area contributed by atoms with Gasteiger partial charge in [-0.2, -0.15) is 0 Å². The number of amides is 1. The fourth-order valence-electron chi connectivity index (χ4n) is 2.92. The van der Waals surface area contributed by atoms with Gasteiger partial charge in [0.15, 0.2) is 0 Å². The smallest absolute Gasteiger partial charge is 0.228 e. The van der Waals surface area contributed by atoms with Crippen molar-refractivity contribution in [3.8, 4) is 0 Å². The molecule has 0 aromatic rings. The second-order valence-electron chi connectivity index (χ2n) is 5.42. The summed E-state index contributed by atoms with van der Waals surface area (Å²) in [6.07, 6.45) is 8.11. The highest BCUT2D eigenvalue weighted by Gasteiger charge is 2.50. The summed E-state index contributed by atoms with van der Waals surface area (Å²) in [7, 11) is 0. The molecule has 1 N–H and O–H groups in total. The van der Waals surface area contributed by atoms with Crippen molar-refractivity contribution in [2.45, 2.75) is 58.4 Å². The van der Waals surface area contributed by atoms with E-state index >= 15 is 0 Å². The van der Waals surface area contributed by atoms with Gasteiger partial charge in [-0.3, -0.25) is 4.79 Å². The molecule has 14 heavy (non-hydrogen) atoms. The van der Waals surface area contributed by atoms with Gasteiger partial charge in [0.1, 0.15) is 0 Å². The van der Waals surface area contributed by atoms with E-state index in [2.05, 4.69) is 19.2 Å². The van der Waals surface area contributed by atoms with Crippen LogP contribution in [0.25, 0.3) is 0 Å². The van der Waals surface area contributed by atoms with Crippen LogP contribution in [-0.4, -0.2) is 11.9 Å². The zero-order valence-corrected chi connectivity index (χ0v) is 9.31. The molecule has 1 saturated heterocycles. The minimum Gasteiger partial charge on any atom is -0.351 e. The largest absolute Gasteiger partial charge is 0.351 e. The number of carbonyl (C=O) groups is 1. The van der Waals surface area contributed by atoms with Gasteiger partial charge in [0.2, 0.25) is 5.91 Å². The summed E-state index contributed by atoms with van der Waals surface area (Å²) in [6.45, 7) is 4.17. The Morgan fingerprint density at radius 2 is 1.71 bits per heavy atom. The van der Waals surface area contributed by atoms with E-state index in [1.54, 1.807) is 0 Å². The Bertz CT molecular complexity index is 226. The molecule has 2 heteroatoms. The number of hydrogen-bond donors (Lipinski definition) is 1. The maximum absolute atomic E-state index is 11.4. The molecular formula is C12H21NO. The Morgan fingerprint density at radius 1 is 1.14 bits per heavy atom. The Labute approximate surface area is 86.5 Å². The van der Waals surface area contributed by atoms with Crippen LogP contribution < -0.4 is 5.32 Å². The van der Waals surface area contributed by atoms with E-state index in [1.165, 1.54) is 38.5 Å². The van der Waals surface area contributed by atoms with Gasteiger partial charge in [-0.15, -0.1) is 0 Å². The molecular weight excluding hydrogens is 174 g/mol. The predicted octanol–water partition coefficient (Wildman–Crippen LogP) is 2.48. The third-order valence-corrected chi connectivity index (χ3v) is 4.02. The van der Waals surface area contributed by atoms with Gasteiger partial charge in [-0.05, 0) is 32.6 Å². The molecule has 0 spiro atoms. The second-order valence-corrected chi connectivity index (χ2v) is 5.42. The van der Waals surface area contributed by atoms with Crippen molar-refractivity contribution in [2.75, 3.05) is 0 Å². The summed E-state index contributed by atoms with van der Waals surface area (Å²) >= 11 is 0. The number of nitrogens with one attached hydrogen (secondary N) is 1. The van der Waals surface area contributed by atoms with E-state index < -0.39 is 0 Å². The van der Waals surface area contributed by atoms with Gasteiger partial charge in [-0.25, -0.2) is 0 Å². The first-order chi connectivity index (χ1) is 6.62. The molecule has 2 fully saturated rings. The Hall–Kier alpha value is -0.530. The van der Waals surface area contributed by atoms with Gasteiger partial charge >= 0.3 is 0 Å². The van der Waals surface area contributed by atoms with Crippen LogP contribution in [0.3, 0.4) is 0 Å². The summed E-state index contributed by atoms with van der Waals surface area (Å²) in [6, 6.07) is 0.452. The van der Waals surface area contributed by atoms with Gasteiger partial charge in [0.05, 0.1) is 5.41 Å². The number of β-lactam (4-membered cyclic amide) rings is 1. The lowest BCUT2D eigenvalue weighted by molar-refractivity contribution is -0.145. The fraction of sp³-hybridized carbons (Fsp3) is 0.917. The zero-order chi connectivity index (χ0) is 10.2. The van der Waals surface area contributed by atoms with Crippen LogP contribution >= 0.6 is 0 Å². The number of carbonyl (C=O) groups excluding carboxylic acids is 1. The molecule has 0 bridgehead atoms. The van der Waals surface area contributed by atoms with E-state index in [-0.39, 0.29) is 11.3 Å². The normalized spacial score (nSPS) is 33.0. The van der Waals surface area contributed by atoms with Crippen LogP contribution in [0.2, 0.25) is 0 Å². The molecule has 1 aliphatic heterocycles. The van der Waals surface area contributed by atoms with Crippen molar-refractivity contribution in [3.05, 3.63) is 0 Å². The van der Waals surface area contributed by atoms with Crippen LogP contribution in [0, 0.1) is 11.3 Å². The van der Waals surface area contributed by atoms with Crippen molar-refractivity contribution in [1.29, 1.82) is 0 Å². The lowest BCUT2D eigenvalue weighted by atomic mass is 9.68. The Kier molecular flexibility index (Phi) is 2.54. The molecule has 2 nitrogen and oxygen atoms in total. The van der Waals surface area contributed by atoms with E-state index in [1.807, 2.05) is 0 Å². The molecule has 1 aliphatic carbocycles. The lowest BCUT2D eigenvalue weighted by Crippen LogP contribution is -2.67. The average Bonchev–Trinajstić information content (AvgIpc) is 2.42. The summed E-state index contributed by atoms with van der Waals surface area (Å²) < 4.78 is 0. The van der Waals surface area contributed by atoms with Crippen LogP contribution in [-0.2, 0) is 4.79 Å². The van der Waals surface area contributed by atoms with Crippen molar-refractivity contribution >= 4 is 5.91 Å². The van der Waals surface area contributed by atoms with Crippen molar-refractivity contribution < 1.29 is 4.79 Å². The highest BCUT2D eigenvalue weighted by molar-refractivity contribution is 5.89. The minimum atomic E-state index is -0.102. The molecule has 1 unspecified atom stereocenters. The SMILES string of the molecule is CC1(C)C(=O)NC1C1CCCCCC1. The first kappa shape index (κ1) is 10.0.